The molecule has 0 aliphatic carbocycles. The zero-order valence-electron chi connectivity index (χ0n) is 53.8. The third kappa shape index (κ3) is 67.3. The Balaban J connectivity index is 4.05. The molecule has 0 rings (SSSR count). The molecule has 0 aromatic heterocycles. The van der Waals surface area contributed by atoms with Gasteiger partial charge < -0.3 is 14.2 Å². The number of unbranched alkanes of at least 4 members (excludes halogenated alkanes) is 39. The van der Waals surface area contributed by atoms with Gasteiger partial charge in [0.05, 0.1) is 0 Å². The molecule has 0 aliphatic rings. The Hall–Kier alpha value is -3.41. The summed E-state index contributed by atoms with van der Waals surface area (Å²) in [5.41, 5.74) is 0. The van der Waals surface area contributed by atoms with Crippen LogP contribution in [-0.4, -0.2) is 37.2 Å². The van der Waals surface area contributed by atoms with Crippen LogP contribution in [0, 0.1) is 0 Å². The number of esters is 3. The molecule has 0 radical (unpaired) electrons. The third-order valence-electron chi connectivity index (χ3n) is 15.4. The maximum atomic E-state index is 12.9. The quantitative estimate of drug-likeness (QED) is 0.0261. The lowest BCUT2D eigenvalue weighted by atomic mass is 10.0. The van der Waals surface area contributed by atoms with E-state index < -0.39 is 6.10 Å². The van der Waals surface area contributed by atoms with Crippen LogP contribution in [0.25, 0.3) is 0 Å². The van der Waals surface area contributed by atoms with Crippen molar-refractivity contribution in [2.24, 2.45) is 0 Å². The number of carbonyl (C=O) groups is 3. The van der Waals surface area contributed by atoms with Crippen molar-refractivity contribution in [1.82, 2.24) is 0 Å². The predicted octanol–water partition coefficient (Wildman–Crippen LogP) is 24.2. The molecule has 0 aliphatic heterocycles. The molecule has 6 nitrogen and oxygen atoms in total. The molecule has 0 amide bonds. The summed E-state index contributed by atoms with van der Waals surface area (Å²) in [7, 11) is 0. The standard InChI is InChI=1S/C75H132O6/c1-4-7-10-13-16-19-21-23-25-27-29-30-31-32-33-34-35-36-37-38-39-40-41-42-43-44-46-47-49-51-53-56-59-62-65-68-74(77)80-71-72(70-79-73(76)67-64-61-58-55-18-15-12-9-6-3)81-75(78)69-66-63-60-57-54-52-50-48-45-28-26-24-22-20-17-14-11-8-5-2/h7,10,16-17,19-20,23-26,29-30,32-33,72H,4-6,8-9,11-15,18,21-22,27-28,31,34-71H2,1-3H3/b10-7-,19-16-,20-17-,25-23-,26-24-,30-29-,33-32-. The number of hydrogen-bond donors (Lipinski definition) is 0. The number of carbonyl (C=O) groups excluding carboxylic acids is 3. The maximum Gasteiger partial charge on any atom is 0.306 e. The molecule has 6 heteroatoms. The Kier molecular flexibility index (Phi) is 66.2. The van der Waals surface area contributed by atoms with E-state index in [0.717, 1.165) is 96.3 Å². The molecule has 81 heavy (non-hydrogen) atoms. The molecule has 0 fully saturated rings. The summed E-state index contributed by atoms with van der Waals surface area (Å²) in [6.45, 7) is 6.52. The molecule has 1 atom stereocenters. The van der Waals surface area contributed by atoms with E-state index in [1.165, 1.54) is 218 Å². The Morgan fingerprint density at radius 1 is 0.259 bits per heavy atom. The summed E-state index contributed by atoms with van der Waals surface area (Å²) in [5.74, 6) is -0.860. The molecule has 0 saturated carbocycles. The fourth-order valence-electron chi connectivity index (χ4n) is 10.2. The molecule has 0 aromatic rings. The summed E-state index contributed by atoms with van der Waals surface area (Å²) in [5, 5.41) is 0. The smallest absolute Gasteiger partial charge is 0.306 e. The predicted molar refractivity (Wildman–Crippen MR) is 353 cm³/mol. The highest BCUT2D eigenvalue weighted by molar-refractivity contribution is 5.71. The summed E-state index contributed by atoms with van der Waals surface area (Å²) in [6, 6.07) is 0. The van der Waals surface area contributed by atoms with Gasteiger partial charge in [-0.15, -0.1) is 0 Å². The van der Waals surface area contributed by atoms with Crippen LogP contribution in [0.1, 0.15) is 355 Å². The summed E-state index contributed by atoms with van der Waals surface area (Å²) in [6.07, 6.45) is 92.0. The average molecular weight is 1130 g/mol. The zero-order chi connectivity index (χ0) is 58.5. The fraction of sp³-hybridized carbons (Fsp3) is 0.773. The highest BCUT2D eigenvalue weighted by Crippen LogP contribution is 2.18. The van der Waals surface area contributed by atoms with Crippen LogP contribution in [-0.2, 0) is 28.6 Å². The van der Waals surface area contributed by atoms with E-state index in [2.05, 4.69) is 106 Å². The first-order chi connectivity index (χ1) is 40.0. The minimum Gasteiger partial charge on any atom is -0.462 e. The van der Waals surface area contributed by atoms with Crippen LogP contribution < -0.4 is 0 Å². The van der Waals surface area contributed by atoms with E-state index in [1.54, 1.807) is 0 Å². The number of rotatable bonds is 64. The molecule has 0 spiro atoms. The number of ether oxygens (including phenoxy) is 3. The van der Waals surface area contributed by atoms with Crippen molar-refractivity contribution in [1.29, 1.82) is 0 Å². The highest BCUT2D eigenvalue weighted by atomic mass is 16.6. The van der Waals surface area contributed by atoms with Crippen molar-refractivity contribution in [2.45, 2.75) is 361 Å². The molecule has 0 aromatic carbocycles. The van der Waals surface area contributed by atoms with E-state index in [9.17, 15) is 14.4 Å². The van der Waals surface area contributed by atoms with Gasteiger partial charge in [0.25, 0.3) is 0 Å². The second kappa shape index (κ2) is 69.1. The summed E-state index contributed by atoms with van der Waals surface area (Å²) >= 11 is 0. The van der Waals surface area contributed by atoms with Crippen LogP contribution in [0.4, 0.5) is 0 Å². The van der Waals surface area contributed by atoms with Gasteiger partial charge in [-0.2, -0.15) is 0 Å². The van der Waals surface area contributed by atoms with Crippen molar-refractivity contribution in [3.63, 3.8) is 0 Å². The molecule has 0 bridgehead atoms. The minimum atomic E-state index is -0.774. The summed E-state index contributed by atoms with van der Waals surface area (Å²) in [4.78, 5) is 38.2. The monoisotopic (exact) mass is 1130 g/mol. The molecule has 468 valence electrons. The minimum absolute atomic E-state index is 0.0723. The molecule has 0 saturated heterocycles. The van der Waals surface area contributed by atoms with Gasteiger partial charge in [0, 0.05) is 19.3 Å². The van der Waals surface area contributed by atoms with Crippen LogP contribution in [0.15, 0.2) is 85.1 Å². The Labute approximate surface area is 503 Å². The highest BCUT2D eigenvalue weighted by Gasteiger charge is 2.19. The zero-order valence-corrected chi connectivity index (χ0v) is 53.8. The Morgan fingerprint density at radius 2 is 0.481 bits per heavy atom. The van der Waals surface area contributed by atoms with Gasteiger partial charge in [-0.1, -0.05) is 324 Å². The first-order valence-corrected chi connectivity index (χ1v) is 35.1. The van der Waals surface area contributed by atoms with E-state index in [4.69, 9.17) is 14.2 Å². The lowest BCUT2D eigenvalue weighted by Gasteiger charge is -2.18. The van der Waals surface area contributed by atoms with Crippen LogP contribution in [0.2, 0.25) is 0 Å². The van der Waals surface area contributed by atoms with E-state index in [-0.39, 0.29) is 31.1 Å². The van der Waals surface area contributed by atoms with Gasteiger partial charge in [-0.05, 0) is 96.3 Å². The Bertz CT molecular complexity index is 1530. The number of hydrogen-bond acceptors (Lipinski definition) is 6. The van der Waals surface area contributed by atoms with Crippen molar-refractivity contribution in [2.75, 3.05) is 13.2 Å². The first kappa shape index (κ1) is 77.6. The average Bonchev–Trinajstić information content (AvgIpc) is 3.47. The van der Waals surface area contributed by atoms with Crippen molar-refractivity contribution >= 4 is 17.9 Å². The van der Waals surface area contributed by atoms with E-state index in [1.807, 2.05) is 0 Å². The topological polar surface area (TPSA) is 78.9 Å². The van der Waals surface area contributed by atoms with Crippen LogP contribution in [0.5, 0.6) is 0 Å². The molecule has 1 unspecified atom stereocenters. The van der Waals surface area contributed by atoms with Gasteiger partial charge >= 0.3 is 17.9 Å². The SMILES string of the molecule is CC/C=C\C/C=C\C/C=C\C/C=C\C/C=C\CCCCCCCCCCCCCCCCCCCCCC(=O)OCC(COC(=O)CCCCCCCCCCC)OC(=O)CCCCCCCCCCC/C=C\C/C=C\CCCCC. The van der Waals surface area contributed by atoms with Gasteiger partial charge in [0.1, 0.15) is 13.2 Å². The fourth-order valence-corrected chi connectivity index (χ4v) is 10.2. The van der Waals surface area contributed by atoms with E-state index in [0.29, 0.717) is 19.3 Å². The van der Waals surface area contributed by atoms with Gasteiger partial charge in [0.2, 0.25) is 0 Å². The van der Waals surface area contributed by atoms with Gasteiger partial charge in [-0.25, -0.2) is 0 Å². The van der Waals surface area contributed by atoms with Crippen molar-refractivity contribution < 1.29 is 28.6 Å². The second-order valence-corrected chi connectivity index (χ2v) is 23.4. The second-order valence-electron chi connectivity index (χ2n) is 23.4. The lowest BCUT2D eigenvalue weighted by Crippen LogP contribution is -2.30. The van der Waals surface area contributed by atoms with Gasteiger partial charge in [-0.3, -0.25) is 14.4 Å². The normalized spacial score (nSPS) is 12.6. The third-order valence-corrected chi connectivity index (χ3v) is 15.4. The lowest BCUT2D eigenvalue weighted by molar-refractivity contribution is -0.167. The van der Waals surface area contributed by atoms with E-state index >= 15 is 0 Å². The van der Waals surface area contributed by atoms with Crippen LogP contribution >= 0.6 is 0 Å². The molecule has 0 heterocycles. The first-order valence-electron chi connectivity index (χ1n) is 35.1. The maximum absolute atomic E-state index is 12.9. The molecular formula is C75H132O6. The van der Waals surface area contributed by atoms with Crippen LogP contribution in [0.3, 0.4) is 0 Å². The van der Waals surface area contributed by atoms with Crippen molar-refractivity contribution in [3.05, 3.63) is 85.1 Å². The summed E-state index contributed by atoms with van der Waals surface area (Å²) < 4.78 is 16.9. The molecule has 0 N–H and O–H groups in total. The number of allylic oxidation sites excluding steroid dienone is 14. The van der Waals surface area contributed by atoms with Gasteiger partial charge in [0.15, 0.2) is 6.10 Å². The Morgan fingerprint density at radius 3 is 0.778 bits per heavy atom. The molecular weight excluding hydrogens is 997 g/mol. The van der Waals surface area contributed by atoms with Crippen molar-refractivity contribution in [3.8, 4) is 0 Å². The largest absolute Gasteiger partial charge is 0.462 e.